The van der Waals surface area contributed by atoms with Gasteiger partial charge in [0, 0.05) is 19.4 Å². The number of carbonyl (C=O) groups is 1. The van der Waals surface area contributed by atoms with Crippen LogP contribution >= 0.6 is 0 Å². The molecule has 26 heavy (non-hydrogen) atoms. The molecular formula is C18H20N4O4. The first kappa shape index (κ1) is 17.8. The molecule has 2 aromatic heterocycles. The highest BCUT2D eigenvalue weighted by Crippen LogP contribution is 2.11. The van der Waals surface area contributed by atoms with Crippen LogP contribution in [0.2, 0.25) is 0 Å². The van der Waals surface area contributed by atoms with E-state index in [0.717, 1.165) is 0 Å². The molecule has 0 saturated heterocycles. The number of esters is 1. The highest BCUT2D eigenvalue weighted by Gasteiger charge is 2.13. The lowest BCUT2D eigenvalue weighted by Crippen LogP contribution is -2.23. The lowest BCUT2D eigenvalue weighted by Gasteiger charge is -2.08. The van der Waals surface area contributed by atoms with E-state index < -0.39 is 5.97 Å². The summed E-state index contributed by atoms with van der Waals surface area (Å²) in [6.45, 7) is 3.82. The summed E-state index contributed by atoms with van der Waals surface area (Å²) in [6.07, 6.45) is 0.403. The minimum absolute atomic E-state index is 0.0668. The Bertz CT molecular complexity index is 990. The van der Waals surface area contributed by atoms with Gasteiger partial charge < -0.3 is 9.26 Å². The van der Waals surface area contributed by atoms with Gasteiger partial charge in [0.2, 0.25) is 0 Å². The van der Waals surface area contributed by atoms with E-state index >= 15 is 0 Å². The first-order valence-electron chi connectivity index (χ1n) is 8.38. The molecule has 0 bridgehead atoms. The van der Waals surface area contributed by atoms with Gasteiger partial charge in [-0.15, -0.1) is 0 Å². The summed E-state index contributed by atoms with van der Waals surface area (Å²) in [7, 11) is 1.65. The highest BCUT2D eigenvalue weighted by molar-refractivity contribution is 5.77. The molecule has 136 valence electrons. The molecule has 8 heteroatoms. The van der Waals surface area contributed by atoms with Crippen LogP contribution in [0, 0.1) is 0 Å². The summed E-state index contributed by atoms with van der Waals surface area (Å²) in [5.41, 5.74) is 0.483. The Hall–Kier alpha value is -3.03. The number of hydrogen-bond acceptors (Lipinski definition) is 7. The third-order valence-electron chi connectivity index (χ3n) is 3.99. The molecule has 3 rings (SSSR count). The van der Waals surface area contributed by atoms with Crippen LogP contribution in [0.25, 0.3) is 10.9 Å². The zero-order valence-electron chi connectivity index (χ0n) is 14.9. The fraction of sp³-hybridized carbons (Fsp3) is 0.389. The molecule has 0 radical (unpaired) electrons. The molecule has 0 fully saturated rings. The van der Waals surface area contributed by atoms with Gasteiger partial charge in [-0.3, -0.25) is 14.2 Å². The Kier molecular flexibility index (Phi) is 5.11. The molecule has 0 spiro atoms. The Balaban J connectivity index is 1.61. The second-order valence-corrected chi connectivity index (χ2v) is 6.27. The van der Waals surface area contributed by atoms with Crippen LogP contribution in [-0.2, 0) is 29.6 Å². The highest BCUT2D eigenvalue weighted by atomic mass is 16.6. The fourth-order valence-electron chi connectivity index (χ4n) is 2.48. The quantitative estimate of drug-likeness (QED) is 0.624. The number of aromatic nitrogens is 4. The zero-order valence-corrected chi connectivity index (χ0v) is 14.9. The van der Waals surface area contributed by atoms with Crippen molar-refractivity contribution in [3.8, 4) is 0 Å². The Morgan fingerprint density at radius 1 is 1.27 bits per heavy atom. The van der Waals surface area contributed by atoms with E-state index in [1.165, 1.54) is 4.57 Å². The summed E-state index contributed by atoms with van der Waals surface area (Å²) < 4.78 is 11.6. The van der Waals surface area contributed by atoms with Crippen molar-refractivity contribution in [1.29, 1.82) is 0 Å². The molecule has 0 saturated carbocycles. The van der Waals surface area contributed by atoms with Crippen LogP contribution in [0.1, 0.15) is 43.7 Å². The first-order valence-corrected chi connectivity index (χ1v) is 8.38. The number of benzene rings is 1. The van der Waals surface area contributed by atoms with Crippen LogP contribution in [0.3, 0.4) is 0 Å². The average Bonchev–Trinajstić information content (AvgIpc) is 3.11. The van der Waals surface area contributed by atoms with Crippen molar-refractivity contribution in [3.63, 3.8) is 0 Å². The van der Waals surface area contributed by atoms with Crippen molar-refractivity contribution in [3.05, 3.63) is 52.2 Å². The van der Waals surface area contributed by atoms with E-state index in [-0.39, 0.29) is 30.4 Å². The maximum atomic E-state index is 12.3. The topological polar surface area (TPSA) is 100 Å². The normalized spacial score (nSPS) is 11.2. The number of nitrogens with zero attached hydrogens (tertiary/aromatic N) is 4. The van der Waals surface area contributed by atoms with Crippen LogP contribution in [0.15, 0.2) is 33.6 Å². The molecule has 0 aliphatic rings. The van der Waals surface area contributed by atoms with Crippen molar-refractivity contribution in [1.82, 2.24) is 19.7 Å². The number of rotatable bonds is 6. The van der Waals surface area contributed by atoms with E-state index in [1.807, 2.05) is 19.9 Å². The van der Waals surface area contributed by atoms with Gasteiger partial charge >= 0.3 is 5.97 Å². The molecule has 8 nitrogen and oxygen atoms in total. The lowest BCUT2D eigenvalue weighted by atomic mass is 10.2. The number of para-hydroxylation sites is 1. The van der Waals surface area contributed by atoms with Gasteiger partial charge in [0.25, 0.3) is 11.4 Å². The predicted octanol–water partition coefficient (Wildman–Crippen LogP) is 2.12. The van der Waals surface area contributed by atoms with Crippen LogP contribution < -0.4 is 5.56 Å². The largest absolute Gasteiger partial charge is 0.456 e. The van der Waals surface area contributed by atoms with E-state index in [0.29, 0.717) is 29.0 Å². The number of aryl methyl sites for hydroxylation is 1. The molecule has 0 aliphatic carbocycles. The van der Waals surface area contributed by atoms with E-state index in [9.17, 15) is 9.59 Å². The van der Waals surface area contributed by atoms with E-state index in [4.69, 9.17) is 9.26 Å². The van der Waals surface area contributed by atoms with Crippen molar-refractivity contribution >= 4 is 16.9 Å². The summed E-state index contributed by atoms with van der Waals surface area (Å²) in [6, 6.07) is 7.13. The third-order valence-corrected chi connectivity index (χ3v) is 3.99. The van der Waals surface area contributed by atoms with Gasteiger partial charge in [0.05, 0.1) is 17.3 Å². The van der Waals surface area contributed by atoms with Crippen LogP contribution in [0.4, 0.5) is 0 Å². The van der Waals surface area contributed by atoms with Crippen LogP contribution in [-0.4, -0.2) is 25.7 Å². The molecule has 0 atom stereocenters. The smallest absolute Gasteiger partial charge is 0.306 e. The molecule has 2 heterocycles. The Morgan fingerprint density at radius 2 is 2.04 bits per heavy atom. The number of hydrogen-bond donors (Lipinski definition) is 0. The van der Waals surface area contributed by atoms with Gasteiger partial charge in [-0.05, 0) is 12.1 Å². The van der Waals surface area contributed by atoms with Crippen molar-refractivity contribution in [2.45, 2.75) is 39.2 Å². The van der Waals surface area contributed by atoms with Gasteiger partial charge in [-0.1, -0.05) is 31.1 Å². The van der Waals surface area contributed by atoms with Gasteiger partial charge in [0.15, 0.2) is 12.4 Å². The first-order chi connectivity index (χ1) is 12.5. The van der Waals surface area contributed by atoms with Crippen molar-refractivity contribution < 1.29 is 14.1 Å². The predicted molar refractivity (Wildman–Crippen MR) is 93.5 cm³/mol. The summed E-state index contributed by atoms with van der Waals surface area (Å²) in [4.78, 5) is 32.9. The molecule has 0 unspecified atom stereocenters. The lowest BCUT2D eigenvalue weighted by molar-refractivity contribution is -0.145. The monoisotopic (exact) mass is 356 g/mol. The molecular weight excluding hydrogens is 336 g/mol. The SMILES string of the molecule is CC(C)c1noc(COC(=O)CCc2nc3ccccc3c(=O)n2C)n1. The van der Waals surface area contributed by atoms with Crippen LogP contribution in [0.5, 0.6) is 0 Å². The second kappa shape index (κ2) is 7.47. The summed E-state index contributed by atoms with van der Waals surface area (Å²) in [5.74, 6) is 1.09. The maximum Gasteiger partial charge on any atom is 0.306 e. The number of ether oxygens (including phenoxy) is 1. The second-order valence-electron chi connectivity index (χ2n) is 6.27. The molecule has 0 aliphatic heterocycles. The van der Waals surface area contributed by atoms with Crippen molar-refractivity contribution in [2.24, 2.45) is 7.05 Å². The van der Waals surface area contributed by atoms with Gasteiger partial charge in [0.1, 0.15) is 5.82 Å². The fourth-order valence-corrected chi connectivity index (χ4v) is 2.48. The minimum atomic E-state index is -0.420. The molecule has 0 N–H and O–H groups in total. The summed E-state index contributed by atoms with van der Waals surface area (Å²) in [5, 5.41) is 4.37. The average molecular weight is 356 g/mol. The minimum Gasteiger partial charge on any atom is -0.456 e. The third kappa shape index (κ3) is 3.79. The Morgan fingerprint density at radius 3 is 2.77 bits per heavy atom. The maximum absolute atomic E-state index is 12.3. The summed E-state index contributed by atoms with van der Waals surface area (Å²) >= 11 is 0. The van der Waals surface area contributed by atoms with E-state index in [1.54, 1.807) is 25.2 Å². The van der Waals surface area contributed by atoms with Gasteiger partial charge in [-0.2, -0.15) is 4.98 Å². The number of carbonyl (C=O) groups excluding carboxylic acids is 1. The van der Waals surface area contributed by atoms with E-state index in [2.05, 4.69) is 15.1 Å². The molecule has 1 aromatic carbocycles. The molecule has 0 amide bonds. The standard InChI is InChI=1S/C18H20N4O4/c1-11(2)17-20-15(26-21-17)10-25-16(23)9-8-14-19-13-7-5-4-6-12(13)18(24)22(14)3/h4-7,11H,8-10H2,1-3H3. The zero-order chi connectivity index (χ0) is 18.7. The van der Waals surface area contributed by atoms with Gasteiger partial charge in [-0.25, -0.2) is 4.98 Å². The van der Waals surface area contributed by atoms with Crippen molar-refractivity contribution in [2.75, 3.05) is 0 Å². The number of fused-ring (bicyclic) bond motifs is 1. The Labute approximate surface area is 149 Å². The molecule has 3 aromatic rings.